The van der Waals surface area contributed by atoms with E-state index < -0.39 is 0 Å². The van der Waals surface area contributed by atoms with Crippen LogP contribution in [0.1, 0.15) is 34.9 Å². The molecule has 1 saturated heterocycles. The van der Waals surface area contributed by atoms with Gasteiger partial charge in [-0.3, -0.25) is 9.69 Å². The van der Waals surface area contributed by atoms with Gasteiger partial charge in [0, 0.05) is 36.7 Å². The van der Waals surface area contributed by atoms with Crippen LogP contribution in [0.2, 0.25) is 0 Å². The quantitative estimate of drug-likeness (QED) is 0.836. The maximum absolute atomic E-state index is 12.7. The van der Waals surface area contributed by atoms with Crippen LogP contribution in [0.15, 0.2) is 24.3 Å². The van der Waals surface area contributed by atoms with Gasteiger partial charge in [0.05, 0.1) is 12.1 Å². The molecule has 0 spiro atoms. The maximum Gasteiger partial charge on any atom is 0.239 e. The Labute approximate surface area is 176 Å². The summed E-state index contributed by atoms with van der Waals surface area (Å²) in [5.41, 5.74) is 4.43. The molecular formula is C23H28N4OS. The highest BCUT2D eigenvalue weighted by atomic mass is 32.1. The van der Waals surface area contributed by atoms with Crippen LogP contribution >= 0.6 is 11.3 Å². The molecule has 2 aromatic rings. The lowest BCUT2D eigenvalue weighted by atomic mass is 9.89. The van der Waals surface area contributed by atoms with Gasteiger partial charge in [-0.1, -0.05) is 25.1 Å². The van der Waals surface area contributed by atoms with Crippen LogP contribution in [-0.2, 0) is 17.6 Å². The Morgan fingerprint density at radius 1 is 1.28 bits per heavy atom. The summed E-state index contributed by atoms with van der Waals surface area (Å²) < 4.78 is 0. The molecule has 4 rings (SSSR count). The number of anilines is 2. The fourth-order valence-corrected chi connectivity index (χ4v) is 5.77. The summed E-state index contributed by atoms with van der Waals surface area (Å²) in [5.74, 6) is 0.637. The van der Waals surface area contributed by atoms with Gasteiger partial charge in [0.2, 0.25) is 5.91 Å². The van der Waals surface area contributed by atoms with Crippen molar-refractivity contribution in [2.45, 2.75) is 33.1 Å². The van der Waals surface area contributed by atoms with Crippen LogP contribution in [0, 0.1) is 24.2 Å². The highest BCUT2D eigenvalue weighted by Gasteiger charge is 2.25. The van der Waals surface area contributed by atoms with E-state index >= 15 is 0 Å². The second kappa shape index (κ2) is 8.56. The number of nitrogens with one attached hydrogen (secondary N) is 1. The van der Waals surface area contributed by atoms with E-state index in [9.17, 15) is 10.1 Å². The average molecular weight is 409 g/mol. The first kappa shape index (κ1) is 19.9. The van der Waals surface area contributed by atoms with Crippen molar-refractivity contribution < 1.29 is 4.79 Å². The van der Waals surface area contributed by atoms with Gasteiger partial charge in [0.1, 0.15) is 11.1 Å². The summed E-state index contributed by atoms with van der Waals surface area (Å²) in [6, 6.07) is 10.8. The standard InChI is InChI=1S/C23H28N4OS/c1-16-7-8-18-19(14-24)23(29-21(18)13-16)25-22(28)15-26-9-11-27(12-10-26)20-6-4-3-5-17(20)2/h3-6,16H,7-13,15H2,1-2H3,(H,25,28). The summed E-state index contributed by atoms with van der Waals surface area (Å²) in [5, 5.41) is 13.4. The Kier molecular flexibility index (Phi) is 5.89. The van der Waals surface area contributed by atoms with Crippen LogP contribution in [0.25, 0.3) is 0 Å². The lowest BCUT2D eigenvalue weighted by Crippen LogP contribution is -2.48. The normalized spacial score (nSPS) is 19.5. The van der Waals surface area contributed by atoms with Gasteiger partial charge < -0.3 is 10.2 Å². The van der Waals surface area contributed by atoms with Crippen molar-refractivity contribution in [2.75, 3.05) is 42.9 Å². The third kappa shape index (κ3) is 4.31. The fourth-order valence-electron chi connectivity index (χ4n) is 4.39. The molecule has 0 saturated carbocycles. The number of piperazine rings is 1. The van der Waals surface area contributed by atoms with Gasteiger partial charge in [-0.2, -0.15) is 5.26 Å². The summed E-state index contributed by atoms with van der Waals surface area (Å²) in [4.78, 5) is 18.5. The molecule has 0 bridgehead atoms. The van der Waals surface area contributed by atoms with E-state index in [2.05, 4.69) is 59.3 Å². The van der Waals surface area contributed by atoms with Crippen molar-refractivity contribution >= 4 is 27.9 Å². The number of hydrogen-bond acceptors (Lipinski definition) is 5. The number of aryl methyl sites for hydroxylation is 1. The number of thiophene rings is 1. The zero-order valence-corrected chi connectivity index (χ0v) is 18.0. The van der Waals surface area contributed by atoms with E-state index in [1.807, 2.05) is 0 Å². The van der Waals surface area contributed by atoms with Crippen LogP contribution in [0.4, 0.5) is 10.7 Å². The van der Waals surface area contributed by atoms with Gasteiger partial charge in [0.25, 0.3) is 0 Å². The molecule has 6 heteroatoms. The summed E-state index contributed by atoms with van der Waals surface area (Å²) in [6.07, 6.45) is 3.09. The Hall–Kier alpha value is -2.36. The Bertz CT molecular complexity index is 937. The third-order valence-electron chi connectivity index (χ3n) is 6.07. The number of nitriles is 1. The van der Waals surface area contributed by atoms with E-state index in [-0.39, 0.29) is 5.91 Å². The summed E-state index contributed by atoms with van der Waals surface area (Å²) in [7, 11) is 0. The van der Waals surface area contributed by atoms with Crippen molar-refractivity contribution in [3.63, 3.8) is 0 Å². The van der Waals surface area contributed by atoms with Crippen molar-refractivity contribution in [3.05, 3.63) is 45.8 Å². The molecule has 5 nitrogen and oxygen atoms in total. The van der Waals surface area contributed by atoms with Gasteiger partial charge >= 0.3 is 0 Å². The Balaban J connectivity index is 1.34. The molecule has 1 unspecified atom stereocenters. The molecule has 2 heterocycles. The lowest BCUT2D eigenvalue weighted by molar-refractivity contribution is -0.117. The molecule has 1 aliphatic carbocycles. The molecule has 2 aliphatic rings. The van der Waals surface area contributed by atoms with Crippen LogP contribution in [0.5, 0.6) is 0 Å². The number of benzene rings is 1. The van der Waals surface area contributed by atoms with Gasteiger partial charge in [-0.15, -0.1) is 11.3 Å². The molecule has 1 amide bonds. The Morgan fingerprint density at radius 2 is 2.03 bits per heavy atom. The minimum absolute atomic E-state index is 0.0162. The molecule has 1 aliphatic heterocycles. The van der Waals surface area contributed by atoms with Crippen LogP contribution in [-0.4, -0.2) is 43.5 Å². The minimum atomic E-state index is -0.0162. The molecular weight excluding hydrogens is 380 g/mol. The Morgan fingerprint density at radius 3 is 2.76 bits per heavy atom. The number of amides is 1. The molecule has 0 radical (unpaired) electrons. The third-order valence-corrected chi connectivity index (χ3v) is 7.24. The predicted octanol–water partition coefficient (Wildman–Crippen LogP) is 3.81. The summed E-state index contributed by atoms with van der Waals surface area (Å²) in [6.45, 7) is 8.36. The predicted molar refractivity (Wildman–Crippen MR) is 119 cm³/mol. The summed E-state index contributed by atoms with van der Waals surface area (Å²) >= 11 is 1.60. The number of carbonyl (C=O) groups excluding carboxylic acids is 1. The van der Waals surface area contributed by atoms with Gasteiger partial charge in [0.15, 0.2) is 0 Å². The van der Waals surface area contributed by atoms with Gasteiger partial charge in [-0.25, -0.2) is 0 Å². The van der Waals surface area contributed by atoms with E-state index in [0.717, 1.165) is 56.0 Å². The van der Waals surface area contributed by atoms with E-state index in [1.165, 1.54) is 16.1 Å². The highest BCUT2D eigenvalue weighted by Crippen LogP contribution is 2.39. The molecule has 1 atom stereocenters. The van der Waals surface area contributed by atoms with E-state index in [0.29, 0.717) is 18.0 Å². The number of para-hydroxylation sites is 1. The largest absolute Gasteiger partial charge is 0.369 e. The zero-order chi connectivity index (χ0) is 20.4. The molecule has 1 N–H and O–H groups in total. The SMILES string of the molecule is Cc1ccccc1N1CCN(CC(=O)Nc2sc3c(c2C#N)CCC(C)C3)CC1. The minimum Gasteiger partial charge on any atom is -0.369 e. The van der Waals surface area contributed by atoms with Crippen molar-refractivity contribution in [2.24, 2.45) is 5.92 Å². The first-order valence-electron chi connectivity index (χ1n) is 10.4. The molecule has 152 valence electrons. The smallest absolute Gasteiger partial charge is 0.239 e. The second-order valence-corrected chi connectivity index (χ2v) is 9.37. The molecule has 29 heavy (non-hydrogen) atoms. The maximum atomic E-state index is 12.7. The zero-order valence-electron chi connectivity index (χ0n) is 17.2. The number of rotatable bonds is 4. The first-order chi connectivity index (χ1) is 14.0. The van der Waals surface area contributed by atoms with Crippen molar-refractivity contribution in [1.82, 2.24) is 4.90 Å². The molecule has 1 fully saturated rings. The van der Waals surface area contributed by atoms with Crippen molar-refractivity contribution in [3.8, 4) is 6.07 Å². The average Bonchev–Trinajstić information content (AvgIpc) is 3.04. The molecule has 1 aromatic heterocycles. The van der Waals surface area contributed by atoms with Crippen LogP contribution in [0.3, 0.4) is 0 Å². The monoisotopic (exact) mass is 408 g/mol. The second-order valence-electron chi connectivity index (χ2n) is 8.27. The van der Waals surface area contributed by atoms with Crippen LogP contribution < -0.4 is 10.2 Å². The number of hydrogen-bond donors (Lipinski definition) is 1. The topological polar surface area (TPSA) is 59.4 Å². The van der Waals surface area contributed by atoms with E-state index in [4.69, 9.17) is 0 Å². The van der Waals surface area contributed by atoms with Gasteiger partial charge in [-0.05, 0) is 49.3 Å². The highest BCUT2D eigenvalue weighted by molar-refractivity contribution is 7.16. The van der Waals surface area contributed by atoms with E-state index in [1.54, 1.807) is 11.3 Å². The number of nitrogens with zero attached hydrogens (tertiary/aromatic N) is 3. The first-order valence-corrected chi connectivity index (χ1v) is 11.2. The number of carbonyl (C=O) groups is 1. The fraction of sp³-hybridized carbons (Fsp3) is 0.478. The lowest BCUT2D eigenvalue weighted by Gasteiger charge is -2.36. The molecule has 1 aromatic carbocycles. The number of fused-ring (bicyclic) bond motifs is 1. The van der Waals surface area contributed by atoms with Crippen molar-refractivity contribution in [1.29, 1.82) is 5.26 Å².